The van der Waals surface area contributed by atoms with Crippen LogP contribution in [0.25, 0.3) is 0 Å². The van der Waals surface area contributed by atoms with E-state index in [1.54, 1.807) is 42.2 Å². The van der Waals surface area contributed by atoms with E-state index < -0.39 is 5.92 Å². The number of halogens is 1. The molecule has 0 aliphatic carbocycles. The van der Waals surface area contributed by atoms with Gasteiger partial charge in [0, 0.05) is 48.5 Å². The molecule has 0 fully saturated rings. The zero-order valence-electron chi connectivity index (χ0n) is 24.9. The number of nitrogens with zero attached hydrogens (tertiary/aromatic N) is 3. The van der Waals surface area contributed by atoms with Gasteiger partial charge in [-0.2, -0.15) is 0 Å². The number of carbonyl (C=O) groups is 3. The monoisotopic (exact) mass is 607 g/mol. The number of hydrogen-bond acceptors (Lipinski definition) is 5. The fourth-order valence-electron chi connectivity index (χ4n) is 5.12. The van der Waals surface area contributed by atoms with Crippen molar-refractivity contribution in [2.75, 3.05) is 37.4 Å². The Hall–Kier alpha value is -4.79. The van der Waals surface area contributed by atoms with Crippen LogP contribution in [-0.2, 0) is 16.1 Å². The van der Waals surface area contributed by atoms with Crippen LogP contribution >= 0.6 is 11.6 Å². The fraction of sp³-hybridized carbons (Fsp3) is 0.200. The van der Waals surface area contributed by atoms with Crippen LogP contribution in [-0.4, -0.2) is 55.5 Å². The van der Waals surface area contributed by atoms with Gasteiger partial charge < -0.3 is 20.4 Å². The highest BCUT2D eigenvalue weighted by Gasteiger charge is 2.36. The van der Waals surface area contributed by atoms with E-state index in [1.165, 1.54) is 0 Å². The molecule has 1 aliphatic heterocycles. The largest absolute Gasteiger partial charge is 0.348 e. The Bertz CT molecular complexity index is 1700. The summed E-state index contributed by atoms with van der Waals surface area (Å²) in [5.74, 6) is -1.26. The summed E-state index contributed by atoms with van der Waals surface area (Å²) in [5.41, 5.74) is 5.40. The smallest absolute Gasteiger partial charge is 0.251 e. The summed E-state index contributed by atoms with van der Waals surface area (Å²) in [6.07, 6.45) is 0. The predicted octanol–water partition coefficient (Wildman–Crippen LogP) is 6.04. The van der Waals surface area contributed by atoms with Crippen LogP contribution < -0.4 is 15.5 Å². The second-order valence-corrected chi connectivity index (χ2v) is 11.3. The third-order valence-corrected chi connectivity index (χ3v) is 7.63. The number of amides is 3. The molecule has 0 radical (unpaired) electrons. The number of carbonyl (C=O) groups excluding carboxylic acids is 3. The third kappa shape index (κ3) is 7.22. The van der Waals surface area contributed by atoms with Crippen molar-refractivity contribution < 1.29 is 14.4 Å². The van der Waals surface area contributed by atoms with Crippen LogP contribution in [0.5, 0.6) is 0 Å². The molecule has 0 saturated carbocycles. The molecule has 44 heavy (non-hydrogen) atoms. The highest BCUT2D eigenvalue weighted by atomic mass is 35.5. The van der Waals surface area contributed by atoms with Gasteiger partial charge in [-0.3, -0.25) is 19.4 Å². The highest BCUT2D eigenvalue weighted by molar-refractivity contribution is 6.30. The van der Waals surface area contributed by atoms with Crippen LogP contribution in [0.15, 0.2) is 102 Å². The molecule has 1 aliphatic rings. The molecule has 1 unspecified atom stereocenters. The SMILES string of the molecule is CC(=O)N(CCN(C)C)c1ccc(N=C(c2ccccc2)C2C(=O)Nc3ccc(C(=O)NCc4cccc(Cl)c4)cc32)cc1. The van der Waals surface area contributed by atoms with Gasteiger partial charge in [-0.15, -0.1) is 0 Å². The first-order valence-corrected chi connectivity index (χ1v) is 14.7. The molecule has 4 aromatic rings. The van der Waals surface area contributed by atoms with Crippen molar-refractivity contribution in [3.63, 3.8) is 0 Å². The number of rotatable bonds is 10. The Kier molecular flexibility index (Phi) is 9.53. The van der Waals surface area contributed by atoms with E-state index >= 15 is 0 Å². The van der Waals surface area contributed by atoms with E-state index in [9.17, 15) is 14.4 Å². The first-order valence-electron chi connectivity index (χ1n) is 14.3. The lowest BCUT2D eigenvalue weighted by atomic mass is 9.89. The molecule has 0 spiro atoms. The molecule has 224 valence electrons. The quantitative estimate of drug-likeness (QED) is 0.215. The maximum absolute atomic E-state index is 13.5. The van der Waals surface area contributed by atoms with Gasteiger partial charge in [0.1, 0.15) is 5.92 Å². The second-order valence-electron chi connectivity index (χ2n) is 10.9. The number of nitrogens with one attached hydrogen (secondary N) is 2. The van der Waals surface area contributed by atoms with E-state index in [0.717, 1.165) is 23.4 Å². The summed E-state index contributed by atoms with van der Waals surface area (Å²) in [6, 6.07) is 29.5. The van der Waals surface area contributed by atoms with Crippen molar-refractivity contribution in [2.24, 2.45) is 4.99 Å². The molecule has 1 heterocycles. The molecule has 0 saturated heterocycles. The maximum atomic E-state index is 13.5. The van der Waals surface area contributed by atoms with Gasteiger partial charge in [-0.25, -0.2) is 0 Å². The highest BCUT2D eigenvalue weighted by Crippen LogP contribution is 2.37. The zero-order chi connectivity index (χ0) is 31.2. The number of hydrogen-bond donors (Lipinski definition) is 2. The Morgan fingerprint density at radius 1 is 0.886 bits per heavy atom. The van der Waals surface area contributed by atoms with Gasteiger partial charge in [-0.1, -0.05) is 54.1 Å². The lowest BCUT2D eigenvalue weighted by Gasteiger charge is -2.23. The first-order chi connectivity index (χ1) is 21.2. The van der Waals surface area contributed by atoms with Crippen LogP contribution in [0.1, 0.15) is 39.9 Å². The van der Waals surface area contributed by atoms with Gasteiger partial charge >= 0.3 is 0 Å². The standard InChI is InChI=1S/C35H34ClN5O3/c1-23(42)41(19-18-40(2)3)29-15-13-28(14-16-29)38-33(25-9-5-4-6-10-25)32-30-21-26(12-17-31(30)39-35(32)44)34(43)37-22-24-8-7-11-27(36)20-24/h4-17,20-21,32H,18-19,22H2,1-3H3,(H,37,43)(H,39,44). The summed E-state index contributed by atoms with van der Waals surface area (Å²) in [4.78, 5) is 47.6. The van der Waals surface area contributed by atoms with Gasteiger partial charge in [0.25, 0.3) is 5.91 Å². The molecule has 9 heteroatoms. The molecule has 3 amide bonds. The van der Waals surface area contributed by atoms with E-state index in [0.29, 0.717) is 46.3 Å². The van der Waals surface area contributed by atoms with Gasteiger partial charge in [0.2, 0.25) is 11.8 Å². The topological polar surface area (TPSA) is 94.1 Å². The van der Waals surface area contributed by atoms with Crippen LogP contribution in [0.4, 0.5) is 17.1 Å². The molecule has 4 aromatic carbocycles. The minimum Gasteiger partial charge on any atom is -0.348 e. The summed E-state index contributed by atoms with van der Waals surface area (Å²) < 4.78 is 0. The molecule has 0 aromatic heterocycles. The summed E-state index contributed by atoms with van der Waals surface area (Å²) >= 11 is 6.09. The molecule has 1 atom stereocenters. The average molecular weight is 608 g/mol. The van der Waals surface area contributed by atoms with Crippen molar-refractivity contribution in [2.45, 2.75) is 19.4 Å². The molecule has 5 rings (SSSR count). The summed E-state index contributed by atoms with van der Waals surface area (Å²) in [5, 5.41) is 6.49. The fourth-order valence-corrected chi connectivity index (χ4v) is 5.34. The summed E-state index contributed by atoms with van der Waals surface area (Å²) in [7, 11) is 3.93. The summed E-state index contributed by atoms with van der Waals surface area (Å²) in [6.45, 7) is 3.17. The van der Waals surface area contributed by atoms with Gasteiger partial charge in [0.05, 0.1) is 11.4 Å². The van der Waals surface area contributed by atoms with Crippen molar-refractivity contribution >= 4 is 52.1 Å². The van der Waals surface area contributed by atoms with Gasteiger partial charge in [0.15, 0.2) is 0 Å². The van der Waals surface area contributed by atoms with Crippen LogP contribution in [0.2, 0.25) is 5.02 Å². The van der Waals surface area contributed by atoms with Gasteiger partial charge in [-0.05, 0) is 85.4 Å². The average Bonchev–Trinajstić information content (AvgIpc) is 3.34. The lowest BCUT2D eigenvalue weighted by molar-refractivity contribution is -0.117. The molecule has 2 N–H and O–H groups in total. The molecular formula is C35H34ClN5O3. The normalized spacial score (nSPS) is 14.2. The number of likely N-dealkylation sites (N-methyl/N-ethyl adjacent to an activating group) is 1. The molecule has 8 nitrogen and oxygen atoms in total. The Balaban J connectivity index is 1.46. The minimum absolute atomic E-state index is 0.0419. The lowest BCUT2D eigenvalue weighted by Crippen LogP contribution is -2.35. The second kappa shape index (κ2) is 13.7. The molecular weight excluding hydrogens is 574 g/mol. The number of fused-ring (bicyclic) bond motifs is 1. The van der Waals surface area contributed by atoms with Crippen molar-refractivity contribution in [3.05, 3.63) is 124 Å². The minimum atomic E-state index is -0.735. The van der Waals surface area contributed by atoms with Crippen LogP contribution in [0.3, 0.4) is 0 Å². The van der Waals surface area contributed by atoms with E-state index in [4.69, 9.17) is 16.6 Å². The van der Waals surface area contributed by atoms with Crippen molar-refractivity contribution in [1.29, 1.82) is 0 Å². The zero-order valence-corrected chi connectivity index (χ0v) is 25.6. The maximum Gasteiger partial charge on any atom is 0.251 e. The Morgan fingerprint density at radius 2 is 1.64 bits per heavy atom. The van der Waals surface area contributed by atoms with E-state index in [1.807, 2.05) is 85.7 Å². The Labute approximate surface area is 262 Å². The van der Waals surface area contributed by atoms with Crippen molar-refractivity contribution in [1.82, 2.24) is 10.2 Å². The first kappa shape index (κ1) is 30.7. The van der Waals surface area contributed by atoms with E-state index in [2.05, 4.69) is 10.6 Å². The Morgan fingerprint density at radius 3 is 2.32 bits per heavy atom. The van der Waals surface area contributed by atoms with Crippen LogP contribution in [0, 0.1) is 0 Å². The van der Waals surface area contributed by atoms with Crippen molar-refractivity contribution in [3.8, 4) is 0 Å². The number of aliphatic imine (C=N–C) groups is 1. The molecule has 0 bridgehead atoms. The predicted molar refractivity (Wildman–Crippen MR) is 176 cm³/mol. The number of anilines is 2. The van der Waals surface area contributed by atoms with E-state index in [-0.39, 0.29) is 17.7 Å². The third-order valence-electron chi connectivity index (χ3n) is 7.39. The number of benzene rings is 4.